The Morgan fingerprint density at radius 1 is 1.64 bits per heavy atom. The largest absolute Gasteiger partial charge is 0.480 e. The summed E-state index contributed by atoms with van der Waals surface area (Å²) in [4.78, 5) is 10.5. The van der Waals surface area contributed by atoms with Crippen molar-refractivity contribution in [1.82, 2.24) is 0 Å². The average molecular weight is 197 g/mol. The van der Waals surface area contributed by atoms with Gasteiger partial charge in [0.1, 0.15) is 11.9 Å². The monoisotopic (exact) mass is 197 g/mol. The predicted octanol–water partition coefficient (Wildman–Crippen LogP) is 1.09. The molecule has 14 heavy (non-hydrogen) atoms. The first-order valence-electron chi connectivity index (χ1n) is 4.24. The van der Waals surface area contributed by atoms with E-state index in [1.54, 1.807) is 19.1 Å². The van der Waals surface area contributed by atoms with E-state index in [0.717, 1.165) is 5.56 Å². The summed E-state index contributed by atoms with van der Waals surface area (Å²) in [5, 5.41) is 8.57. The maximum Gasteiger partial charge on any atom is 0.320 e. The van der Waals surface area contributed by atoms with Gasteiger partial charge in [-0.3, -0.25) is 4.79 Å². The summed E-state index contributed by atoms with van der Waals surface area (Å²) in [5.41, 5.74) is 6.58. The molecule has 0 aliphatic carbocycles. The lowest BCUT2D eigenvalue weighted by atomic mass is 10.0. The van der Waals surface area contributed by atoms with Gasteiger partial charge in [0.2, 0.25) is 0 Å². The van der Waals surface area contributed by atoms with Gasteiger partial charge in [-0.1, -0.05) is 12.1 Å². The summed E-state index contributed by atoms with van der Waals surface area (Å²) in [6.45, 7) is 1.63. The molecular weight excluding hydrogens is 185 g/mol. The molecular formula is C10H12FNO2. The highest BCUT2D eigenvalue weighted by molar-refractivity contribution is 5.73. The van der Waals surface area contributed by atoms with Gasteiger partial charge in [0.05, 0.1) is 0 Å². The lowest BCUT2D eigenvalue weighted by Crippen LogP contribution is -2.32. The Morgan fingerprint density at radius 2 is 2.29 bits per heavy atom. The number of nitrogens with two attached hydrogens (primary N) is 1. The quantitative estimate of drug-likeness (QED) is 0.762. The van der Waals surface area contributed by atoms with Gasteiger partial charge in [-0.25, -0.2) is 4.39 Å². The second-order valence-electron chi connectivity index (χ2n) is 3.23. The molecule has 0 spiro atoms. The third-order valence-corrected chi connectivity index (χ3v) is 2.00. The first kappa shape index (κ1) is 10.7. The van der Waals surface area contributed by atoms with Crippen LogP contribution in [-0.2, 0) is 11.2 Å². The summed E-state index contributed by atoms with van der Waals surface area (Å²) in [5.74, 6) is -1.34. The molecule has 0 aromatic heterocycles. The van der Waals surface area contributed by atoms with Crippen LogP contribution in [0.3, 0.4) is 0 Å². The highest BCUT2D eigenvalue weighted by Gasteiger charge is 2.12. The molecule has 1 rings (SSSR count). The van der Waals surface area contributed by atoms with E-state index in [-0.39, 0.29) is 12.2 Å². The summed E-state index contributed by atoms with van der Waals surface area (Å²) in [6.07, 6.45) is 0.219. The zero-order valence-corrected chi connectivity index (χ0v) is 7.83. The minimum atomic E-state index is -1.05. The van der Waals surface area contributed by atoms with E-state index in [1.807, 2.05) is 0 Å². The zero-order chi connectivity index (χ0) is 10.7. The van der Waals surface area contributed by atoms with Gasteiger partial charge in [0.25, 0.3) is 0 Å². The number of hydrogen-bond donors (Lipinski definition) is 2. The van der Waals surface area contributed by atoms with Gasteiger partial charge in [-0.05, 0) is 30.5 Å². The smallest absolute Gasteiger partial charge is 0.320 e. The fourth-order valence-corrected chi connectivity index (χ4v) is 1.18. The van der Waals surface area contributed by atoms with Crippen molar-refractivity contribution in [3.05, 3.63) is 35.1 Å². The molecule has 0 aliphatic rings. The SMILES string of the molecule is Cc1cc(C[C@H](N)C(=O)O)ccc1F. The zero-order valence-electron chi connectivity index (χ0n) is 7.83. The van der Waals surface area contributed by atoms with E-state index in [4.69, 9.17) is 10.8 Å². The summed E-state index contributed by atoms with van der Waals surface area (Å²) in [6, 6.07) is 3.54. The van der Waals surface area contributed by atoms with Crippen LogP contribution in [0, 0.1) is 12.7 Å². The van der Waals surface area contributed by atoms with Crippen LogP contribution in [0.15, 0.2) is 18.2 Å². The Hall–Kier alpha value is -1.42. The van der Waals surface area contributed by atoms with Gasteiger partial charge in [0.15, 0.2) is 0 Å². The van der Waals surface area contributed by atoms with Crippen LogP contribution >= 0.6 is 0 Å². The van der Waals surface area contributed by atoms with Gasteiger partial charge in [0, 0.05) is 0 Å². The van der Waals surface area contributed by atoms with Crippen molar-refractivity contribution in [3.63, 3.8) is 0 Å². The molecule has 0 radical (unpaired) electrons. The van der Waals surface area contributed by atoms with Crippen LogP contribution in [0.1, 0.15) is 11.1 Å². The average Bonchev–Trinajstić information content (AvgIpc) is 2.11. The summed E-state index contributed by atoms with van der Waals surface area (Å²) < 4.78 is 12.8. The Bertz CT molecular complexity index is 352. The number of aryl methyl sites for hydroxylation is 1. The Kier molecular flexibility index (Phi) is 3.19. The molecule has 76 valence electrons. The van der Waals surface area contributed by atoms with Crippen LogP contribution in [-0.4, -0.2) is 17.1 Å². The Balaban J connectivity index is 2.78. The van der Waals surface area contributed by atoms with E-state index in [9.17, 15) is 9.18 Å². The number of carboxylic acid groups (broad SMARTS) is 1. The lowest BCUT2D eigenvalue weighted by Gasteiger charge is -2.07. The van der Waals surface area contributed by atoms with Crippen LogP contribution in [0.4, 0.5) is 4.39 Å². The molecule has 1 aromatic carbocycles. The predicted molar refractivity (Wildman–Crippen MR) is 50.5 cm³/mol. The van der Waals surface area contributed by atoms with Gasteiger partial charge >= 0.3 is 5.97 Å². The van der Waals surface area contributed by atoms with Crippen molar-refractivity contribution in [2.45, 2.75) is 19.4 Å². The summed E-state index contributed by atoms with van der Waals surface area (Å²) >= 11 is 0. The maximum atomic E-state index is 12.8. The van der Waals surface area contributed by atoms with Crippen LogP contribution in [0.25, 0.3) is 0 Å². The van der Waals surface area contributed by atoms with Crippen molar-refractivity contribution >= 4 is 5.97 Å². The van der Waals surface area contributed by atoms with Crippen molar-refractivity contribution < 1.29 is 14.3 Å². The van der Waals surface area contributed by atoms with Gasteiger partial charge < -0.3 is 10.8 Å². The third kappa shape index (κ3) is 2.53. The first-order valence-corrected chi connectivity index (χ1v) is 4.24. The normalized spacial score (nSPS) is 12.5. The van der Waals surface area contributed by atoms with Crippen molar-refractivity contribution in [3.8, 4) is 0 Å². The standard InChI is InChI=1S/C10H12FNO2/c1-6-4-7(2-3-8(6)11)5-9(12)10(13)14/h2-4,9H,5,12H2,1H3,(H,13,14)/t9-/m0/s1. The number of aliphatic carboxylic acids is 1. The minimum Gasteiger partial charge on any atom is -0.480 e. The molecule has 0 saturated heterocycles. The van der Waals surface area contributed by atoms with Crippen LogP contribution in [0.2, 0.25) is 0 Å². The summed E-state index contributed by atoms with van der Waals surface area (Å²) in [7, 11) is 0. The molecule has 1 atom stereocenters. The van der Waals surface area contributed by atoms with E-state index in [1.165, 1.54) is 6.07 Å². The van der Waals surface area contributed by atoms with Gasteiger partial charge in [-0.2, -0.15) is 0 Å². The Labute approximate surface area is 81.4 Å². The molecule has 0 bridgehead atoms. The number of carbonyl (C=O) groups is 1. The van der Waals surface area contributed by atoms with Crippen molar-refractivity contribution in [2.75, 3.05) is 0 Å². The molecule has 0 saturated carbocycles. The fourth-order valence-electron chi connectivity index (χ4n) is 1.18. The molecule has 1 aromatic rings. The fraction of sp³-hybridized carbons (Fsp3) is 0.300. The van der Waals surface area contributed by atoms with E-state index >= 15 is 0 Å². The van der Waals surface area contributed by atoms with Crippen molar-refractivity contribution in [2.24, 2.45) is 5.73 Å². The maximum absolute atomic E-state index is 12.8. The number of halogens is 1. The van der Waals surface area contributed by atoms with Crippen molar-refractivity contribution in [1.29, 1.82) is 0 Å². The molecule has 3 N–H and O–H groups in total. The Morgan fingerprint density at radius 3 is 2.79 bits per heavy atom. The second kappa shape index (κ2) is 4.19. The molecule has 4 heteroatoms. The highest BCUT2D eigenvalue weighted by Crippen LogP contribution is 2.10. The topological polar surface area (TPSA) is 63.3 Å². The van der Waals surface area contributed by atoms with Crippen LogP contribution < -0.4 is 5.73 Å². The molecule has 3 nitrogen and oxygen atoms in total. The van der Waals surface area contributed by atoms with E-state index in [2.05, 4.69) is 0 Å². The third-order valence-electron chi connectivity index (χ3n) is 2.00. The molecule has 0 amide bonds. The number of benzene rings is 1. The van der Waals surface area contributed by atoms with Crippen LogP contribution in [0.5, 0.6) is 0 Å². The lowest BCUT2D eigenvalue weighted by molar-refractivity contribution is -0.138. The molecule has 0 unspecified atom stereocenters. The van der Waals surface area contributed by atoms with E-state index < -0.39 is 12.0 Å². The first-order chi connectivity index (χ1) is 6.50. The minimum absolute atomic E-state index is 0.219. The number of carboxylic acids is 1. The van der Waals surface area contributed by atoms with Gasteiger partial charge in [-0.15, -0.1) is 0 Å². The highest BCUT2D eigenvalue weighted by atomic mass is 19.1. The molecule has 0 aliphatic heterocycles. The molecule has 0 heterocycles. The number of rotatable bonds is 3. The van der Waals surface area contributed by atoms with E-state index in [0.29, 0.717) is 5.56 Å². The number of hydrogen-bond acceptors (Lipinski definition) is 2. The second-order valence-corrected chi connectivity index (χ2v) is 3.23. The molecule has 0 fully saturated rings.